The lowest BCUT2D eigenvalue weighted by atomic mass is 9.81. The summed E-state index contributed by atoms with van der Waals surface area (Å²) in [7, 11) is 4.36. The molecule has 3 aliphatic rings. The summed E-state index contributed by atoms with van der Waals surface area (Å²) in [5.74, 6) is 0. The zero-order chi connectivity index (χ0) is 29.6. The molecule has 4 heteroatoms. The van der Waals surface area contributed by atoms with Crippen molar-refractivity contribution in [3.05, 3.63) is 131 Å². The van der Waals surface area contributed by atoms with Gasteiger partial charge in [-0.1, -0.05) is 74.5 Å². The van der Waals surface area contributed by atoms with Crippen LogP contribution in [0.5, 0.6) is 0 Å². The lowest BCUT2D eigenvalue weighted by Crippen LogP contribution is -2.26. The molecule has 0 saturated heterocycles. The maximum absolute atomic E-state index is 6.43. The molecule has 214 valence electrons. The fraction of sp³-hybridized carbons (Fsp3) is 0.289. The molecule has 0 atom stereocenters. The maximum Gasteiger partial charge on any atom is 0.209 e. The maximum atomic E-state index is 6.43. The molecule has 0 aromatic heterocycles. The molecular weight excluding hydrogens is 512 g/mol. The second-order valence-corrected chi connectivity index (χ2v) is 12.8. The monoisotopic (exact) mass is 555 g/mol. The van der Waals surface area contributed by atoms with Crippen LogP contribution in [0.4, 0.5) is 22.7 Å². The van der Waals surface area contributed by atoms with Crippen LogP contribution in [-0.4, -0.2) is 24.4 Å². The zero-order valence-electron chi connectivity index (χ0n) is 25.8. The molecule has 0 amide bonds. The third-order valence-electron chi connectivity index (χ3n) is 9.52. The molecule has 0 saturated carbocycles. The average molecular weight is 556 g/mol. The van der Waals surface area contributed by atoms with Crippen molar-refractivity contribution in [1.82, 2.24) is 0 Å². The standard InChI is InChI=1S/C38H42N4/c1-37(2)28-16-7-11-20-32(28)41(5)34(37)24-22-26-14-13-15-27(36(26)40-31-19-10-9-18-30(31)39)23-25-35-38(3,4)29-17-8-12-21-33(29)42(35)6/h7-12,16-25H,13-15,39H2,1-6H3/p+1. The Balaban J connectivity index is 1.43. The van der Waals surface area contributed by atoms with Crippen molar-refractivity contribution < 1.29 is 4.58 Å². The topological polar surface area (TPSA) is 44.3 Å². The quantitative estimate of drug-likeness (QED) is 0.245. The van der Waals surface area contributed by atoms with E-state index < -0.39 is 0 Å². The third kappa shape index (κ3) is 4.59. The van der Waals surface area contributed by atoms with Crippen LogP contribution in [0, 0.1) is 0 Å². The van der Waals surface area contributed by atoms with Crippen molar-refractivity contribution in [3.63, 3.8) is 0 Å². The van der Waals surface area contributed by atoms with E-state index in [0.29, 0.717) is 0 Å². The Kier molecular flexibility index (Phi) is 6.97. The summed E-state index contributed by atoms with van der Waals surface area (Å²) in [6, 6.07) is 25.5. The van der Waals surface area contributed by atoms with Crippen molar-refractivity contribution >= 4 is 28.5 Å². The second kappa shape index (κ2) is 10.5. The summed E-state index contributed by atoms with van der Waals surface area (Å²) in [6.45, 7) is 9.29. The Bertz CT molecular complexity index is 1710. The van der Waals surface area contributed by atoms with Gasteiger partial charge in [0.2, 0.25) is 5.69 Å². The highest BCUT2D eigenvalue weighted by Crippen LogP contribution is 2.47. The summed E-state index contributed by atoms with van der Waals surface area (Å²) < 4.78 is 2.34. The van der Waals surface area contributed by atoms with Crippen LogP contribution in [0.2, 0.25) is 0 Å². The second-order valence-electron chi connectivity index (χ2n) is 12.8. The number of nitrogens with one attached hydrogen (secondary N) is 1. The predicted octanol–water partition coefficient (Wildman–Crippen LogP) is 8.62. The molecule has 3 aromatic carbocycles. The molecule has 3 aromatic rings. The number of anilines is 3. The first-order chi connectivity index (χ1) is 20.1. The van der Waals surface area contributed by atoms with Crippen molar-refractivity contribution in [1.29, 1.82) is 0 Å². The van der Waals surface area contributed by atoms with Gasteiger partial charge >= 0.3 is 0 Å². The van der Waals surface area contributed by atoms with Crippen LogP contribution in [-0.2, 0) is 10.8 Å². The van der Waals surface area contributed by atoms with Gasteiger partial charge < -0.3 is 16.0 Å². The molecule has 42 heavy (non-hydrogen) atoms. The van der Waals surface area contributed by atoms with Gasteiger partial charge in [0.15, 0.2) is 5.71 Å². The zero-order valence-corrected chi connectivity index (χ0v) is 25.8. The van der Waals surface area contributed by atoms with E-state index in [0.717, 1.165) is 30.6 Å². The van der Waals surface area contributed by atoms with Crippen molar-refractivity contribution in [2.45, 2.75) is 57.8 Å². The first kappa shape index (κ1) is 27.8. The minimum absolute atomic E-state index is 0.0642. The largest absolute Gasteiger partial charge is 0.397 e. The highest BCUT2D eigenvalue weighted by Gasteiger charge is 2.42. The average Bonchev–Trinajstić information content (AvgIpc) is 3.30. The number of nitrogens with zero attached hydrogens (tertiary/aromatic N) is 2. The summed E-state index contributed by atoms with van der Waals surface area (Å²) in [5.41, 5.74) is 19.7. The number of para-hydroxylation sites is 4. The van der Waals surface area contributed by atoms with Gasteiger partial charge in [-0.2, -0.15) is 4.58 Å². The lowest BCUT2D eigenvalue weighted by molar-refractivity contribution is -0.401. The fourth-order valence-electron chi connectivity index (χ4n) is 7.13. The summed E-state index contributed by atoms with van der Waals surface area (Å²) >= 11 is 0. The van der Waals surface area contributed by atoms with Crippen LogP contribution in [0.3, 0.4) is 0 Å². The molecule has 0 bridgehead atoms. The number of hydrogen-bond acceptors (Lipinski definition) is 3. The number of fused-ring (bicyclic) bond motifs is 2. The third-order valence-corrected chi connectivity index (χ3v) is 9.52. The van der Waals surface area contributed by atoms with E-state index in [2.05, 4.69) is 135 Å². The minimum Gasteiger partial charge on any atom is -0.397 e. The van der Waals surface area contributed by atoms with Crippen LogP contribution < -0.4 is 16.0 Å². The number of likely N-dealkylation sites (N-methyl/N-ethyl adjacent to an activating group) is 1. The van der Waals surface area contributed by atoms with Gasteiger partial charge in [-0.25, -0.2) is 0 Å². The van der Waals surface area contributed by atoms with E-state index in [1.54, 1.807) is 0 Å². The molecule has 0 radical (unpaired) electrons. The molecule has 2 heterocycles. The minimum atomic E-state index is -0.0642. The van der Waals surface area contributed by atoms with E-state index in [1.807, 2.05) is 18.2 Å². The van der Waals surface area contributed by atoms with Crippen LogP contribution in [0.1, 0.15) is 58.1 Å². The molecule has 6 rings (SSSR count). The number of hydrogen-bond donors (Lipinski definition) is 2. The van der Waals surface area contributed by atoms with Crippen molar-refractivity contribution in [2.75, 3.05) is 30.0 Å². The molecular formula is C38H43N4+. The Labute approximate surface area is 251 Å². The van der Waals surface area contributed by atoms with E-state index in [-0.39, 0.29) is 10.8 Å². The van der Waals surface area contributed by atoms with Gasteiger partial charge in [0, 0.05) is 47.2 Å². The van der Waals surface area contributed by atoms with Gasteiger partial charge in [0.1, 0.15) is 7.05 Å². The highest BCUT2D eigenvalue weighted by atomic mass is 15.2. The number of benzene rings is 3. The van der Waals surface area contributed by atoms with Gasteiger partial charge in [0.05, 0.1) is 16.8 Å². The van der Waals surface area contributed by atoms with Crippen molar-refractivity contribution in [2.24, 2.45) is 0 Å². The Morgan fingerprint density at radius 3 is 2.24 bits per heavy atom. The smallest absolute Gasteiger partial charge is 0.209 e. The first-order valence-corrected chi connectivity index (χ1v) is 15.1. The molecule has 1 aliphatic carbocycles. The normalized spacial score (nSPS) is 21.0. The first-order valence-electron chi connectivity index (χ1n) is 15.1. The number of allylic oxidation sites excluding steroid dienone is 7. The number of nitrogen functional groups attached to an aromatic ring is 1. The van der Waals surface area contributed by atoms with Gasteiger partial charge in [-0.15, -0.1) is 0 Å². The SMILES string of the molecule is CN1C(=CC=C2CCCC(C=CC3=[N+](C)c4ccccc4C3(C)C)=C2Nc2ccccc2N)C(C)(C)c2ccccc21. The summed E-state index contributed by atoms with van der Waals surface area (Å²) in [6.07, 6.45) is 12.5. The Hall–Kier alpha value is -4.31. The van der Waals surface area contributed by atoms with Gasteiger partial charge in [0.25, 0.3) is 0 Å². The van der Waals surface area contributed by atoms with Gasteiger partial charge in [-0.05, 0) is 74.1 Å². The van der Waals surface area contributed by atoms with E-state index in [4.69, 9.17) is 5.73 Å². The Morgan fingerprint density at radius 2 is 1.50 bits per heavy atom. The molecule has 3 N–H and O–H groups in total. The number of nitrogens with two attached hydrogens (primary N) is 1. The predicted molar refractivity (Wildman–Crippen MR) is 179 cm³/mol. The van der Waals surface area contributed by atoms with E-state index in [1.165, 1.54) is 50.8 Å². The van der Waals surface area contributed by atoms with Crippen LogP contribution >= 0.6 is 0 Å². The lowest BCUT2D eigenvalue weighted by Gasteiger charge is -2.26. The molecule has 0 unspecified atom stereocenters. The molecule has 0 fully saturated rings. The molecule has 4 nitrogen and oxygen atoms in total. The summed E-state index contributed by atoms with van der Waals surface area (Å²) in [5, 5.41) is 3.77. The number of rotatable bonds is 5. The van der Waals surface area contributed by atoms with E-state index >= 15 is 0 Å². The Morgan fingerprint density at radius 1 is 0.810 bits per heavy atom. The molecule has 0 spiro atoms. The van der Waals surface area contributed by atoms with Gasteiger partial charge in [-0.3, -0.25) is 0 Å². The fourth-order valence-corrected chi connectivity index (χ4v) is 7.13. The van der Waals surface area contributed by atoms with E-state index in [9.17, 15) is 0 Å². The molecule has 2 aliphatic heterocycles. The van der Waals surface area contributed by atoms with Crippen molar-refractivity contribution in [3.8, 4) is 0 Å². The highest BCUT2D eigenvalue weighted by molar-refractivity contribution is 6.03. The van der Waals surface area contributed by atoms with Crippen LogP contribution in [0.25, 0.3) is 0 Å². The van der Waals surface area contributed by atoms with Crippen LogP contribution in [0.15, 0.2) is 120 Å². The summed E-state index contributed by atoms with van der Waals surface area (Å²) in [4.78, 5) is 2.34.